The quantitative estimate of drug-likeness (QED) is 0.759. The van der Waals surface area contributed by atoms with E-state index in [-0.39, 0.29) is 18.6 Å². The highest BCUT2D eigenvalue weighted by atomic mass is 31.2. The molecule has 7 heteroatoms. The van der Waals surface area contributed by atoms with Crippen molar-refractivity contribution in [3.8, 4) is 0 Å². The fourth-order valence-corrected chi connectivity index (χ4v) is 4.06. The SMILES string of the molecule is CC(C)OP(=O)(OC(C)C)[C@H]1C[C@H](F)[C@@H](CO)O1. The minimum absolute atomic E-state index is 0.0814. The Hall–Kier alpha value is -0.0000000000000000139. The minimum atomic E-state index is -3.54. The summed E-state index contributed by atoms with van der Waals surface area (Å²) in [6.45, 7) is 6.45. The summed E-state index contributed by atoms with van der Waals surface area (Å²) in [7, 11) is -3.54. The van der Waals surface area contributed by atoms with Gasteiger partial charge in [-0.15, -0.1) is 0 Å². The molecule has 0 aromatic heterocycles. The van der Waals surface area contributed by atoms with Gasteiger partial charge in [-0.05, 0) is 27.7 Å². The van der Waals surface area contributed by atoms with E-state index in [4.69, 9.17) is 18.9 Å². The average molecular weight is 284 g/mol. The van der Waals surface area contributed by atoms with Crippen molar-refractivity contribution < 1.29 is 27.8 Å². The molecule has 0 aromatic rings. The van der Waals surface area contributed by atoms with E-state index >= 15 is 0 Å². The van der Waals surface area contributed by atoms with Crippen molar-refractivity contribution in [1.82, 2.24) is 0 Å². The van der Waals surface area contributed by atoms with E-state index in [1.54, 1.807) is 27.7 Å². The van der Waals surface area contributed by atoms with Crippen LogP contribution in [0.5, 0.6) is 0 Å². The Labute approximate surface area is 107 Å². The molecule has 1 N–H and O–H groups in total. The molecule has 1 aliphatic rings. The molecule has 0 radical (unpaired) electrons. The average Bonchev–Trinajstić information content (AvgIpc) is 2.57. The van der Waals surface area contributed by atoms with Gasteiger partial charge in [-0.25, -0.2) is 4.39 Å². The summed E-state index contributed by atoms with van der Waals surface area (Å²) in [5, 5.41) is 8.95. The number of halogens is 1. The molecule has 0 bridgehead atoms. The highest BCUT2D eigenvalue weighted by Crippen LogP contribution is 2.59. The van der Waals surface area contributed by atoms with Crippen LogP contribution in [0, 0.1) is 0 Å². The lowest BCUT2D eigenvalue weighted by Crippen LogP contribution is -2.22. The Morgan fingerprint density at radius 2 is 1.83 bits per heavy atom. The third-order valence-corrected chi connectivity index (χ3v) is 4.88. The summed E-state index contributed by atoms with van der Waals surface area (Å²) in [6, 6.07) is 0. The first-order valence-corrected chi connectivity index (χ1v) is 7.76. The van der Waals surface area contributed by atoms with Gasteiger partial charge in [0.15, 0.2) is 5.85 Å². The van der Waals surface area contributed by atoms with Gasteiger partial charge in [-0.2, -0.15) is 0 Å². The maximum absolute atomic E-state index is 13.5. The standard InChI is InChI=1S/C11H22FO5P/c1-7(2)16-18(14,17-8(3)4)11-5-9(12)10(6-13)15-11/h7-11,13H,5-6H2,1-4H3/t9-,10+,11-/m0/s1. The molecule has 0 aliphatic carbocycles. The molecule has 108 valence electrons. The summed E-state index contributed by atoms with van der Waals surface area (Å²) in [4.78, 5) is 0. The van der Waals surface area contributed by atoms with E-state index in [2.05, 4.69) is 0 Å². The van der Waals surface area contributed by atoms with Crippen molar-refractivity contribution in [3.63, 3.8) is 0 Å². The van der Waals surface area contributed by atoms with Gasteiger partial charge < -0.3 is 18.9 Å². The van der Waals surface area contributed by atoms with Crippen LogP contribution in [0.1, 0.15) is 34.1 Å². The van der Waals surface area contributed by atoms with Gasteiger partial charge in [0.05, 0.1) is 18.8 Å². The second kappa shape index (κ2) is 6.44. The van der Waals surface area contributed by atoms with Gasteiger partial charge in [-0.1, -0.05) is 0 Å². The lowest BCUT2D eigenvalue weighted by atomic mass is 10.2. The molecule has 1 fully saturated rings. The first-order valence-electron chi connectivity index (χ1n) is 6.15. The Balaban J connectivity index is 2.81. The van der Waals surface area contributed by atoms with Crippen molar-refractivity contribution in [3.05, 3.63) is 0 Å². The van der Waals surface area contributed by atoms with Crippen LogP contribution in [0.25, 0.3) is 0 Å². The Bertz CT molecular complexity index is 296. The third-order valence-electron chi connectivity index (χ3n) is 2.41. The molecule has 1 aliphatic heterocycles. The van der Waals surface area contributed by atoms with E-state index in [1.807, 2.05) is 0 Å². The van der Waals surface area contributed by atoms with Gasteiger partial charge in [0.25, 0.3) is 0 Å². The van der Waals surface area contributed by atoms with Crippen LogP contribution in [0.4, 0.5) is 4.39 Å². The summed E-state index contributed by atoms with van der Waals surface area (Å²) >= 11 is 0. The Morgan fingerprint density at radius 3 is 2.17 bits per heavy atom. The topological polar surface area (TPSA) is 65.0 Å². The fourth-order valence-electron chi connectivity index (χ4n) is 1.80. The van der Waals surface area contributed by atoms with E-state index in [0.717, 1.165) is 0 Å². The molecule has 1 saturated heterocycles. The van der Waals surface area contributed by atoms with E-state index in [9.17, 15) is 8.96 Å². The summed E-state index contributed by atoms with van der Waals surface area (Å²) in [6.07, 6.45) is -3.01. The predicted octanol–water partition coefficient (Wildman–Crippen LogP) is 2.47. The molecule has 0 unspecified atom stereocenters. The normalized spacial score (nSPS) is 29.4. The molecular formula is C11H22FO5P. The smallest absolute Gasteiger partial charge is 0.359 e. The number of hydrogen-bond donors (Lipinski definition) is 1. The van der Waals surface area contributed by atoms with Gasteiger partial charge >= 0.3 is 7.60 Å². The molecule has 0 saturated carbocycles. The highest BCUT2D eigenvalue weighted by molar-refractivity contribution is 7.54. The number of hydrogen-bond acceptors (Lipinski definition) is 5. The Kier molecular flexibility index (Phi) is 5.74. The number of aliphatic hydroxyl groups is 1. The second-order valence-corrected chi connectivity index (χ2v) is 6.99. The van der Waals surface area contributed by atoms with Gasteiger partial charge in [0.2, 0.25) is 0 Å². The van der Waals surface area contributed by atoms with Crippen molar-refractivity contribution in [2.75, 3.05) is 6.61 Å². The number of aliphatic hydroxyl groups excluding tert-OH is 1. The first-order chi connectivity index (χ1) is 8.28. The van der Waals surface area contributed by atoms with Crippen LogP contribution < -0.4 is 0 Å². The zero-order valence-electron chi connectivity index (χ0n) is 11.2. The monoisotopic (exact) mass is 284 g/mol. The zero-order chi connectivity index (χ0) is 13.9. The summed E-state index contributed by atoms with van der Waals surface area (Å²) in [5.41, 5.74) is 0. The maximum Gasteiger partial charge on any atom is 0.359 e. The molecule has 0 aromatic carbocycles. The van der Waals surface area contributed by atoms with Crippen LogP contribution in [0.2, 0.25) is 0 Å². The van der Waals surface area contributed by atoms with Crippen LogP contribution in [-0.4, -0.2) is 42.0 Å². The second-order valence-electron chi connectivity index (χ2n) is 4.91. The first kappa shape index (κ1) is 16.1. The lowest BCUT2D eigenvalue weighted by molar-refractivity contribution is 0.00303. The largest absolute Gasteiger partial charge is 0.394 e. The zero-order valence-corrected chi connectivity index (χ0v) is 12.1. The van der Waals surface area contributed by atoms with Crippen molar-refractivity contribution in [1.29, 1.82) is 0 Å². The van der Waals surface area contributed by atoms with Gasteiger partial charge in [0.1, 0.15) is 12.3 Å². The van der Waals surface area contributed by atoms with E-state index in [1.165, 1.54) is 0 Å². The third kappa shape index (κ3) is 4.00. The highest BCUT2D eigenvalue weighted by Gasteiger charge is 2.48. The van der Waals surface area contributed by atoms with E-state index < -0.39 is 32.3 Å². The molecule has 5 nitrogen and oxygen atoms in total. The number of ether oxygens (including phenoxy) is 1. The molecule has 1 heterocycles. The Morgan fingerprint density at radius 1 is 1.33 bits per heavy atom. The predicted molar refractivity (Wildman–Crippen MR) is 65.3 cm³/mol. The minimum Gasteiger partial charge on any atom is -0.394 e. The maximum atomic E-state index is 13.5. The summed E-state index contributed by atoms with van der Waals surface area (Å²) in [5.74, 6) is -0.950. The number of alkyl halides is 1. The van der Waals surface area contributed by atoms with Gasteiger partial charge in [0, 0.05) is 6.42 Å². The molecule has 0 amide bonds. The molecule has 3 atom stereocenters. The van der Waals surface area contributed by atoms with Crippen LogP contribution >= 0.6 is 7.60 Å². The molecular weight excluding hydrogens is 262 g/mol. The molecule has 1 rings (SSSR count). The van der Waals surface area contributed by atoms with E-state index in [0.29, 0.717) is 0 Å². The fraction of sp³-hybridized carbons (Fsp3) is 1.00. The molecule has 18 heavy (non-hydrogen) atoms. The lowest BCUT2D eigenvalue weighted by Gasteiger charge is -2.27. The van der Waals surface area contributed by atoms with Crippen molar-refractivity contribution in [2.45, 2.75) is 64.4 Å². The van der Waals surface area contributed by atoms with Crippen molar-refractivity contribution in [2.24, 2.45) is 0 Å². The van der Waals surface area contributed by atoms with Crippen LogP contribution in [0.3, 0.4) is 0 Å². The van der Waals surface area contributed by atoms with Gasteiger partial charge in [-0.3, -0.25) is 4.57 Å². The number of rotatable bonds is 6. The van der Waals surface area contributed by atoms with Crippen LogP contribution in [0.15, 0.2) is 0 Å². The molecule has 0 spiro atoms. The van der Waals surface area contributed by atoms with Crippen LogP contribution in [-0.2, 0) is 18.3 Å². The summed E-state index contributed by atoms with van der Waals surface area (Å²) < 4.78 is 42.1. The van der Waals surface area contributed by atoms with Crippen molar-refractivity contribution >= 4 is 7.60 Å².